The normalized spacial score (nSPS) is 27.2. The Hall–Kier alpha value is -1.77. The minimum absolute atomic E-state index is 0.0862. The van der Waals surface area contributed by atoms with Crippen molar-refractivity contribution < 1.29 is 14.8 Å². The molecule has 1 amide bonds. The summed E-state index contributed by atoms with van der Waals surface area (Å²) in [4.78, 5) is 27.6. The lowest BCUT2D eigenvalue weighted by Crippen LogP contribution is -2.51. The van der Waals surface area contributed by atoms with Crippen molar-refractivity contribution in [1.82, 2.24) is 10.2 Å². The van der Waals surface area contributed by atoms with Crippen LogP contribution in [-0.2, 0) is 16.0 Å². The zero-order valence-corrected chi connectivity index (χ0v) is 16.3. The van der Waals surface area contributed by atoms with E-state index < -0.39 is 6.04 Å². The summed E-state index contributed by atoms with van der Waals surface area (Å²) in [7, 11) is 0. The number of ketones is 1. The summed E-state index contributed by atoms with van der Waals surface area (Å²) in [6, 6.07) is 7.45. The van der Waals surface area contributed by atoms with E-state index in [1.807, 2.05) is 12.1 Å². The van der Waals surface area contributed by atoms with Crippen LogP contribution in [0.25, 0.3) is 6.08 Å². The van der Waals surface area contributed by atoms with Gasteiger partial charge in [0.15, 0.2) is 5.78 Å². The summed E-state index contributed by atoms with van der Waals surface area (Å²) in [6.07, 6.45) is 4.68. The maximum atomic E-state index is 13.0. The molecule has 2 aliphatic heterocycles. The van der Waals surface area contributed by atoms with Gasteiger partial charge >= 0.3 is 0 Å². The lowest BCUT2D eigenvalue weighted by Gasteiger charge is -2.26. The first-order valence-electron chi connectivity index (χ1n) is 8.88. The number of nitrogens with zero attached hydrogens (tertiary/aromatic N) is 2. The molecule has 0 spiro atoms. The monoisotopic (exact) mass is 403 g/mol. The average Bonchev–Trinajstić information content (AvgIpc) is 3.40. The summed E-state index contributed by atoms with van der Waals surface area (Å²) < 4.78 is 0. The Labute approximate surface area is 166 Å². The van der Waals surface area contributed by atoms with E-state index in [1.165, 1.54) is 29.1 Å². The molecule has 3 aliphatic rings. The Morgan fingerprint density at radius 2 is 2.22 bits per heavy atom. The third-order valence-corrected chi connectivity index (χ3v) is 7.39. The number of nitrogens with one attached hydrogen (secondary N) is 1. The molecule has 142 valence electrons. The second kappa shape index (κ2) is 8.08. The van der Waals surface area contributed by atoms with E-state index in [4.69, 9.17) is 5.21 Å². The van der Waals surface area contributed by atoms with E-state index in [9.17, 15) is 9.59 Å². The number of hydrogen-bond acceptors (Lipinski definition) is 7. The predicted octanol–water partition coefficient (Wildman–Crippen LogP) is 1.98. The average molecular weight is 404 g/mol. The van der Waals surface area contributed by atoms with Gasteiger partial charge in [-0.05, 0) is 17.5 Å². The topological polar surface area (TPSA) is 82.0 Å². The van der Waals surface area contributed by atoms with E-state index in [1.54, 1.807) is 16.7 Å². The van der Waals surface area contributed by atoms with E-state index in [2.05, 4.69) is 28.7 Å². The molecule has 1 unspecified atom stereocenters. The molecule has 0 aromatic heterocycles. The van der Waals surface area contributed by atoms with Crippen molar-refractivity contribution in [1.29, 1.82) is 0 Å². The largest absolute Gasteiger partial charge is 0.411 e. The minimum Gasteiger partial charge on any atom is -0.411 e. The molecule has 2 fully saturated rings. The van der Waals surface area contributed by atoms with Crippen LogP contribution >= 0.6 is 23.5 Å². The molecule has 2 heterocycles. The fraction of sp³-hybridized carbons (Fsp3) is 0.421. The molecule has 0 saturated carbocycles. The number of thioether (sulfide) groups is 2. The van der Waals surface area contributed by atoms with Crippen LogP contribution in [0.2, 0.25) is 0 Å². The highest BCUT2D eigenvalue weighted by molar-refractivity contribution is 8.01. The van der Waals surface area contributed by atoms with Crippen LogP contribution in [0.5, 0.6) is 0 Å². The van der Waals surface area contributed by atoms with Crippen LogP contribution in [-0.4, -0.2) is 62.9 Å². The number of amides is 1. The van der Waals surface area contributed by atoms with Gasteiger partial charge in [-0.2, -0.15) is 0 Å². The van der Waals surface area contributed by atoms with E-state index in [0.717, 1.165) is 12.0 Å². The SMILES string of the molecule is O=C(CC1=Cc2ccccc2C1)C1SCN[C@@H]1C(=O)N1CSC[C@H]1C=NO. The highest BCUT2D eigenvalue weighted by Gasteiger charge is 2.42. The van der Waals surface area contributed by atoms with Gasteiger partial charge in [0.1, 0.15) is 6.04 Å². The fourth-order valence-electron chi connectivity index (χ4n) is 3.78. The van der Waals surface area contributed by atoms with Crippen LogP contribution in [0, 0.1) is 0 Å². The van der Waals surface area contributed by atoms with Crippen LogP contribution in [0.1, 0.15) is 17.5 Å². The Bertz CT molecular complexity index is 811. The first-order chi connectivity index (χ1) is 13.2. The molecule has 1 aromatic carbocycles. The van der Waals surface area contributed by atoms with Gasteiger partial charge in [-0.3, -0.25) is 14.9 Å². The molecule has 4 rings (SSSR count). The molecule has 2 saturated heterocycles. The number of hydrogen-bond donors (Lipinski definition) is 2. The Morgan fingerprint density at radius 3 is 3.04 bits per heavy atom. The molecule has 8 heteroatoms. The Morgan fingerprint density at radius 1 is 1.37 bits per heavy atom. The summed E-state index contributed by atoms with van der Waals surface area (Å²) in [6.45, 7) is 0. The van der Waals surface area contributed by atoms with Crippen LogP contribution < -0.4 is 5.32 Å². The fourth-order valence-corrected chi connectivity index (χ4v) is 6.04. The predicted molar refractivity (Wildman–Crippen MR) is 109 cm³/mol. The number of carbonyl (C=O) groups excluding carboxylic acids is 2. The second-order valence-corrected chi connectivity index (χ2v) is 9.00. The Balaban J connectivity index is 1.42. The number of Topliss-reactive ketones (excluding diaryl/α,β-unsaturated/α-hetero) is 1. The highest BCUT2D eigenvalue weighted by Crippen LogP contribution is 2.31. The molecule has 27 heavy (non-hydrogen) atoms. The lowest BCUT2D eigenvalue weighted by molar-refractivity contribution is -0.134. The molecule has 0 radical (unpaired) electrons. The number of benzene rings is 1. The maximum absolute atomic E-state index is 13.0. The molecule has 0 bridgehead atoms. The van der Waals surface area contributed by atoms with Crippen molar-refractivity contribution in [3.63, 3.8) is 0 Å². The summed E-state index contributed by atoms with van der Waals surface area (Å²) in [5, 5.41) is 14.7. The van der Waals surface area contributed by atoms with Gasteiger partial charge < -0.3 is 10.1 Å². The number of oxime groups is 1. The lowest BCUT2D eigenvalue weighted by atomic mass is 10.0. The summed E-state index contributed by atoms with van der Waals surface area (Å²) in [5.74, 6) is 1.86. The van der Waals surface area contributed by atoms with Crippen molar-refractivity contribution in [3.8, 4) is 0 Å². The molecule has 1 aliphatic carbocycles. The zero-order valence-electron chi connectivity index (χ0n) is 14.7. The van der Waals surface area contributed by atoms with Crippen LogP contribution in [0.15, 0.2) is 35.0 Å². The van der Waals surface area contributed by atoms with Gasteiger partial charge in [-0.1, -0.05) is 41.1 Å². The van der Waals surface area contributed by atoms with E-state index >= 15 is 0 Å². The van der Waals surface area contributed by atoms with Gasteiger partial charge in [0.2, 0.25) is 5.91 Å². The number of allylic oxidation sites excluding steroid dienone is 1. The van der Waals surface area contributed by atoms with Gasteiger partial charge in [0.05, 0.1) is 23.4 Å². The first-order valence-corrected chi connectivity index (χ1v) is 11.1. The minimum atomic E-state index is -0.514. The smallest absolute Gasteiger partial charge is 0.242 e. The molecular formula is C19H21N3O3S2. The van der Waals surface area contributed by atoms with Crippen LogP contribution in [0.3, 0.4) is 0 Å². The standard InChI is InChI=1S/C19H21N3O3S2/c23-16(7-12-5-13-3-1-2-4-14(13)6-12)18-17(20-10-27-18)19(24)22-11-26-9-15(22)8-21-25/h1-5,8,15,17-18,20,25H,6-7,9-11H2/t15-,17+,18?/m1/s1. The third-order valence-electron chi connectivity index (χ3n) is 5.13. The summed E-state index contributed by atoms with van der Waals surface area (Å²) in [5.41, 5.74) is 3.55. The van der Waals surface area contributed by atoms with Crippen molar-refractivity contribution in [2.45, 2.75) is 30.2 Å². The van der Waals surface area contributed by atoms with Crippen molar-refractivity contribution >= 4 is 47.5 Å². The second-order valence-electron chi connectivity index (χ2n) is 6.87. The quantitative estimate of drug-likeness (QED) is 0.444. The third kappa shape index (κ3) is 3.79. The van der Waals surface area contributed by atoms with Gasteiger partial charge in [0.25, 0.3) is 0 Å². The van der Waals surface area contributed by atoms with Gasteiger partial charge in [-0.15, -0.1) is 23.5 Å². The maximum Gasteiger partial charge on any atom is 0.242 e. The number of carbonyl (C=O) groups is 2. The number of fused-ring (bicyclic) bond motifs is 1. The van der Waals surface area contributed by atoms with Crippen molar-refractivity contribution in [2.24, 2.45) is 5.16 Å². The Kier molecular flexibility index (Phi) is 5.56. The van der Waals surface area contributed by atoms with Gasteiger partial charge in [-0.25, -0.2) is 0 Å². The molecule has 1 aromatic rings. The molecular weight excluding hydrogens is 382 g/mol. The van der Waals surface area contributed by atoms with Crippen molar-refractivity contribution in [2.75, 3.05) is 17.5 Å². The van der Waals surface area contributed by atoms with E-state index in [0.29, 0.717) is 23.9 Å². The number of rotatable bonds is 5. The first kappa shape index (κ1) is 18.6. The highest BCUT2D eigenvalue weighted by atomic mass is 32.2. The van der Waals surface area contributed by atoms with Crippen molar-refractivity contribution in [3.05, 3.63) is 41.0 Å². The zero-order chi connectivity index (χ0) is 18.8. The van der Waals surface area contributed by atoms with Crippen LogP contribution in [0.4, 0.5) is 0 Å². The molecule has 3 atom stereocenters. The molecule has 6 nitrogen and oxygen atoms in total. The summed E-state index contributed by atoms with van der Waals surface area (Å²) >= 11 is 3.12. The molecule has 2 N–H and O–H groups in total. The van der Waals surface area contributed by atoms with E-state index in [-0.39, 0.29) is 23.0 Å². The van der Waals surface area contributed by atoms with Gasteiger partial charge in [0, 0.05) is 18.1 Å².